The molecule has 3 N–H and O–H groups in total. The number of halogens is 1. The predicted molar refractivity (Wildman–Crippen MR) is 59.3 cm³/mol. The second-order valence-electron chi connectivity index (χ2n) is 3.55. The van der Waals surface area contributed by atoms with Crippen LogP contribution in [0.25, 0.3) is 11.3 Å². The number of phenols is 1. The zero-order valence-corrected chi connectivity index (χ0v) is 9.12. The van der Waals surface area contributed by atoms with Crippen LogP contribution in [0.2, 0.25) is 0 Å². The van der Waals surface area contributed by atoms with Crippen LogP contribution in [0.3, 0.4) is 0 Å². The van der Waals surface area contributed by atoms with E-state index in [9.17, 15) is 24.4 Å². The summed E-state index contributed by atoms with van der Waals surface area (Å²) in [5, 5.41) is 34.7. The predicted octanol–water partition coefficient (Wildman–Crippen LogP) is 1.53. The Kier molecular flexibility index (Phi) is 2.87. The Bertz CT molecular complexity index is 682. The molecule has 0 radical (unpaired) electrons. The van der Waals surface area contributed by atoms with Crippen LogP contribution in [0.5, 0.6) is 5.75 Å². The molecule has 0 bridgehead atoms. The molecule has 19 heavy (non-hydrogen) atoms. The van der Waals surface area contributed by atoms with Gasteiger partial charge in [-0.05, 0) is 12.1 Å². The first-order valence-corrected chi connectivity index (χ1v) is 4.86. The molecule has 0 saturated carbocycles. The molecule has 0 aliphatic rings. The van der Waals surface area contributed by atoms with Gasteiger partial charge in [0.15, 0.2) is 0 Å². The monoisotopic (exact) mass is 267 g/mol. The topological polar surface area (TPSA) is 129 Å². The normalized spacial score (nSPS) is 10.4. The maximum absolute atomic E-state index is 13.2. The molecule has 2 aromatic rings. The van der Waals surface area contributed by atoms with Crippen molar-refractivity contribution in [1.29, 1.82) is 0 Å². The second kappa shape index (κ2) is 4.37. The average molecular weight is 267 g/mol. The fourth-order valence-corrected chi connectivity index (χ4v) is 1.49. The zero-order chi connectivity index (χ0) is 14.2. The van der Waals surface area contributed by atoms with Crippen molar-refractivity contribution in [3.63, 3.8) is 0 Å². The van der Waals surface area contributed by atoms with Gasteiger partial charge >= 0.3 is 11.7 Å². The number of carboxylic acid groups (broad SMARTS) is 1. The van der Waals surface area contributed by atoms with Gasteiger partial charge in [-0.3, -0.25) is 15.2 Å². The van der Waals surface area contributed by atoms with E-state index in [-0.39, 0.29) is 17.0 Å². The SMILES string of the molecule is O=C(O)c1cc(-c2cc(F)cc([N+](=O)[O-])c2O)n[nH]1. The van der Waals surface area contributed by atoms with Crippen LogP contribution in [0.4, 0.5) is 10.1 Å². The lowest BCUT2D eigenvalue weighted by molar-refractivity contribution is -0.386. The zero-order valence-electron chi connectivity index (χ0n) is 9.12. The van der Waals surface area contributed by atoms with Crippen LogP contribution in [0.15, 0.2) is 18.2 Å². The molecule has 2 rings (SSSR count). The van der Waals surface area contributed by atoms with Gasteiger partial charge in [-0.1, -0.05) is 0 Å². The fourth-order valence-electron chi connectivity index (χ4n) is 1.49. The van der Waals surface area contributed by atoms with Gasteiger partial charge in [-0.2, -0.15) is 5.10 Å². The van der Waals surface area contributed by atoms with E-state index in [4.69, 9.17) is 5.11 Å². The molecule has 8 nitrogen and oxygen atoms in total. The van der Waals surface area contributed by atoms with E-state index in [2.05, 4.69) is 10.2 Å². The van der Waals surface area contributed by atoms with Crippen molar-refractivity contribution in [2.24, 2.45) is 0 Å². The number of carboxylic acids is 1. The summed E-state index contributed by atoms with van der Waals surface area (Å²) in [6.07, 6.45) is 0. The Balaban J connectivity index is 2.61. The molecule has 0 fully saturated rings. The van der Waals surface area contributed by atoms with E-state index < -0.39 is 28.1 Å². The number of hydrogen-bond donors (Lipinski definition) is 3. The maximum Gasteiger partial charge on any atom is 0.353 e. The summed E-state index contributed by atoms with van der Waals surface area (Å²) < 4.78 is 13.2. The highest BCUT2D eigenvalue weighted by Crippen LogP contribution is 2.37. The minimum Gasteiger partial charge on any atom is -0.502 e. The Morgan fingerprint density at radius 3 is 2.63 bits per heavy atom. The molecule has 0 amide bonds. The smallest absolute Gasteiger partial charge is 0.353 e. The number of aromatic amines is 1. The molecular weight excluding hydrogens is 261 g/mol. The van der Waals surface area contributed by atoms with E-state index in [1.807, 2.05) is 0 Å². The molecule has 0 spiro atoms. The number of nitro benzene ring substituents is 1. The highest BCUT2D eigenvalue weighted by Gasteiger charge is 2.22. The fraction of sp³-hybridized carbons (Fsp3) is 0. The third kappa shape index (κ3) is 2.20. The standard InChI is InChI=1S/C10H6FN3O5/c11-4-1-5(9(15)8(2-4)14(18)19)6-3-7(10(16)17)13-12-6/h1-3,15H,(H,12,13)(H,16,17). The molecule has 0 saturated heterocycles. The van der Waals surface area contributed by atoms with Gasteiger partial charge < -0.3 is 10.2 Å². The van der Waals surface area contributed by atoms with Gasteiger partial charge in [-0.15, -0.1) is 0 Å². The number of rotatable bonds is 3. The number of nitrogens with one attached hydrogen (secondary N) is 1. The maximum atomic E-state index is 13.2. The quantitative estimate of drug-likeness (QED) is 0.571. The van der Waals surface area contributed by atoms with Crippen molar-refractivity contribution < 1.29 is 24.3 Å². The van der Waals surface area contributed by atoms with Gasteiger partial charge in [0.2, 0.25) is 5.75 Å². The number of nitro groups is 1. The number of aromatic carboxylic acids is 1. The minimum absolute atomic E-state index is 0.113. The van der Waals surface area contributed by atoms with Crippen LogP contribution in [-0.4, -0.2) is 31.3 Å². The summed E-state index contributed by atoms with van der Waals surface area (Å²) in [6.45, 7) is 0. The minimum atomic E-state index is -1.30. The number of nitrogens with zero attached hydrogens (tertiary/aromatic N) is 2. The van der Waals surface area contributed by atoms with Gasteiger partial charge in [-0.25, -0.2) is 9.18 Å². The molecular formula is C10H6FN3O5. The third-order valence-electron chi connectivity index (χ3n) is 2.34. The number of hydrogen-bond acceptors (Lipinski definition) is 5. The summed E-state index contributed by atoms with van der Waals surface area (Å²) in [6, 6.07) is 2.41. The molecule has 9 heteroatoms. The molecule has 98 valence electrons. The van der Waals surface area contributed by atoms with Crippen molar-refractivity contribution in [3.8, 4) is 17.0 Å². The lowest BCUT2D eigenvalue weighted by atomic mass is 10.1. The average Bonchev–Trinajstić information content (AvgIpc) is 2.80. The van der Waals surface area contributed by atoms with E-state index >= 15 is 0 Å². The molecule has 1 heterocycles. The van der Waals surface area contributed by atoms with Crippen molar-refractivity contribution in [1.82, 2.24) is 10.2 Å². The summed E-state index contributed by atoms with van der Waals surface area (Å²) >= 11 is 0. The van der Waals surface area contributed by atoms with Crippen molar-refractivity contribution in [2.75, 3.05) is 0 Å². The molecule has 1 aromatic heterocycles. The molecule has 0 atom stereocenters. The number of aromatic nitrogens is 2. The van der Waals surface area contributed by atoms with Crippen molar-refractivity contribution in [2.45, 2.75) is 0 Å². The Labute approximate surface area is 104 Å². The summed E-state index contributed by atoms with van der Waals surface area (Å²) in [5.41, 5.74) is -1.50. The second-order valence-corrected chi connectivity index (χ2v) is 3.55. The number of aromatic hydroxyl groups is 1. The van der Waals surface area contributed by atoms with E-state index in [0.717, 1.165) is 12.1 Å². The number of benzene rings is 1. The first-order chi connectivity index (χ1) is 8.90. The molecule has 1 aromatic carbocycles. The largest absolute Gasteiger partial charge is 0.502 e. The third-order valence-corrected chi connectivity index (χ3v) is 2.34. The Hall–Kier alpha value is -2.97. The number of phenolic OH excluding ortho intramolecular Hbond substituents is 1. The Morgan fingerprint density at radius 2 is 2.11 bits per heavy atom. The van der Waals surface area contributed by atoms with Gasteiger partial charge in [0.25, 0.3) is 0 Å². The number of carbonyl (C=O) groups is 1. The summed E-state index contributed by atoms with van der Waals surface area (Å²) in [4.78, 5) is 20.3. The van der Waals surface area contributed by atoms with E-state index in [1.54, 1.807) is 0 Å². The number of H-pyrrole nitrogens is 1. The van der Waals surface area contributed by atoms with Crippen molar-refractivity contribution in [3.05, 3.63) is 39.8 Å². The first-order valence-electron chi connectivity index (χ1n) is 4.86. The van der Waals surface area contributed by atoms with E-state index in [1.165, 1.54) is 0 Å². The summed E-state index contributed by atoms with van der Waals surface area (Å²) in [5.74, 6) is -3.03. The van der Waals surface area contributed by atoms with Crippen LogP contribution >= 0.6 is 0 Å². The van der Waals surface area contributed by atoms with Crippen molar-refractivity contribution >= 4 is 11.7 Å². The summed E-state index contributed by atoms with van der Waals surface area (Å²) in [7, 11) is 0. The van der Waals surface area contributed by atoms with Crippen LogP contribution in [-0.2, 0) is 0 Å². The lowest BCUT2D eigenvalue weighted by Crippen LogP contribution is -1.95. The van der Waals surface area contributed by atoms with E-state index in [0.29, 0.717) is 6.07 Å². The van der Waals surface area contributed by atoms with Crippen LogP contribution in [0, 0.1) is 15.9 Å². The highest BCUT2D eigenvalue weighted by atomic mass is 19.1. The van der Waals surface area contributed by atoms with Crippen LogP contribution < -0.4 is 0 Å². The Morgan fingerprint density at radius 1 is 1.42 bits per heavy atom. The molecule has 0 aliphatic carbocycles. The molecule has 0 unspecified atom stereocenters. The highest BCUT2D eigenvalue weighted by molar-refractivity contribution is 5.87. The van der Waals surface area contributed by atoms with Gasteiger partial charge in [0, 0.05) is 0 Å². The molecule has 0 aliphatic heterocycles. The lowest BCUT2D eigenvalue weighted by Gasteiger charge is -2.02. The van der Waals surface area contributed by atoms with Gasteiger partial charge in [0.1, 0.15) is 11.5 Å². The van der Waals surface area contributed by atoms with Crippen LogP contribution in [0.1, 0.15) is 10.5 Å². The first kappa shape index (κ1) is 12.5. The van der Waals surface area contributed by atoms with Gasteiger partial charge in [0.05, 0.1) is 22.2 Å².